The molecule has 1 aromatic carbocycles. The van der Waals surface area contributed by atoms with Crippen LogP contribution in [0.15, 0.2) is 30.3 Å². The molecule has 3 aromatic rings. The van der Waals surface area contributed by atoms with Crippen LogP contribution in [0.3, 0.4) is 0 Å². The highest BCUT2D eigenvalue weighted by Gasteiger charge is 2.17. The maximum Gasteiger partial charge on any atom is 0.203 e. The zero-order valence-electron chi connectivity index (χ0n) is 12.8. The number of hydrogen-bond acceptors (Lipinski definition) is 5. The lowest BCUT2D eigenvalue weighted by Crippen LogP contribution is -2.04. The second-order valence-electron chi connectivity index (χ2n) is 5.08. The van der Waals surface area contributed by atoms with Crippen molar-refractivity contribution in [2.24, 2.45) is 0 Å². The van der Waals surface area contributed by atoms with Crippen LogP contribution in [-0.4, -0.2) is 29.4 Å². The van der Waals surface area contributed by atoms with Gasteiger partial charge in [0.05, 0.1) is 5.69 Å². The van der Waals surface area contributed by atoms with Gasteiger partial charge in [0, 0.05) is 30.9 Å². The van der Waals surface area contributed by atoms with Crippen LogP contribution in [0.1, 0.15) is 17.5 Å². The predicted octanol–water partition coefficient (Wildman–Crippen LogP) is 2.81. The van der Waals surface area contributed by atoms with E-state index in [0.29, 0.717) is 17.0 Å². The summed E-state index contributed by atoms with van der Waals surface area (Å²) in [7, 11) is 3.15. The van der Waals surface area contributed by atoms with Crippen molar-refractivity contribution in [3.8, 4) is 11.3 Å². The Morgan fingerprint density at radius 2 is 1.91 bits per heavy atom. The third-order valence-corrected chi connectivity index (χ3v) is 3.64. The number of hydrogen-bond donors (Lipinski definition) is 2. The van der Waals surface area contributed by atoms with Crippen molar-refractivity contribution < 1.29 is 9.47 Å². The zero-order chi connectivity index (χ0) is 15.7. The van der Waals surface area contributed by atoms with Crippen molar-refractivity contribution in [2.75, 3.05) is 20.0 Å². The molecule has 0 atom stereocenters. The van der Waals surface area contributed by atoms with Gasteiger partial charge in [-0.05, 0) is 36.8 Å². The molecule has 0 saturated carbocycles. The Hall–Kier alpha value is -2.44. The number of ether oxygens (including phenoxy) is 2. The third kappa shape index (κ3) is 2.43. The van der Waals surface area contributed by atoms with Crippen LogP contribution >= 0.6 is 0 Å². The van der Waals surface area contributed by atoms with Gasteiger partial charge in [0.15, 0.2) is 5.65 Å². The summed E-state index contributed by atoms with van der Waals surface area (Å²) in [5, 5.41) is 8.05. The van der Waals surface area contributed by atoms with E-state index in [-0.39, 0.29) is 0 Å². The summed E-state index contributed by atoms with van der Waals surface area (Å²) in [5.41, 5.74) is 10.9. The van der Waals surface area contributed by atoms with Gasteiger partial charge >= 0.3 is 0 Å². The van der Waals surface area contributed by atoms with Crippen molar-refractivity contribution in [1.82, 2.24) is 15.2 Å². The summed E-state index contributed by atoms with van der Waals surface area (Å²) in [4.78, 5) is 4.63. The maximum atomic E-state index is 5.88. The van der Waals surface area contributed by atoms with Crippen molar-refractivity contribution in [2.45, 2.75) is 13.2 Å². The first-order valence-electron chi connectivity index (χ1n) is 6.91. The largest absolute Gasteiger partial charge is 0.399 e. The highest BCUT2D eigenvalue weighted by atomic mass is 16.7. The number of nitrogen functional groups attached to an aromatic ring is 1. The molecule has 2 heterocycles. The van der Waals surface area contributed by atoms with E-state index in [4.69, 9.17) is 15.2 Å². The first kappa shape index (κ1) is 14.5. The molecule has 2 aromatic heterocycles. The maximum absolute atomic E-state index is 5.88. The van der Waals surface area contributed by atoms with E-state index in [1.165, 1.54) is 0 Å². The van der Waals surface area contributed by atoms with Crippen molar-refractivity contribution >= 4 is 16.7 Å². The number of nitrogens with one attached hydrogen (secondary N) is 1. The molecule has 114 valence electrons. The number of benzene rings is 1. The van der Waals surface area contributed by atoms with Crippen LogP contribution < -0.4 is 5.73 Å². The molecule has 3 rings (SSSR count). The minimum Gasteiger partial charge on any atom is -0.399 e. The topological polar surface area (TPSA) is 86.0 Å². The average molecular weight is 298 g/mol. The third-order valence-electron chi connectivity index (χ3n) is 3.64. The fourth-order valence-electron chi connectivity index (χ4n) is 2.49. The number of nitrogens with zero attached hydrogens (tertiary/aromatic N) is 2. The number of pyridine rings is 1. The molecule has 0 spiro atoms. The summed E-state index contributed by atoms with van der Waals surface area (Å²) < 4.78 is 10.5. The molecule has 0 radical (unpaired) electrons. The monoisotopic (exact) mass is 298 g/mol. The van der Waals surface area contributed by atoms with E-state index in [9.17, 15) is 0 Å². The zero-order valence-corrected chi connectivity index (χ0v) is 12.8. The van der Waals surface area contributed by atoms with Crippen LogP contribution in [0.25, 0.3) is 22.3 Å². The lowest BCUT2D eigenvalue weighted by Gasteiger charge is -2.10. The molecule has 0 amide bonds. The SMILES string of the molecule is COC(OC)c1n[nH]c2nc(-c3cc(N)ccc3C)ccc12. The van der Waals surface area contributed by atoms with Gasteiger partial charge in [-0.15, -0.1) is 0 Å². The van der Waals surface area contributed by atoms with E-state index >= 15 is 0 Å². The van der Waals surface area contributed by atoms with E-state index in [2.05, 4.69) is 15.2 Å². The number of anilines is 1. The molecule has 22 heavy (non-hydrogen) atoms. The second kappa shape index (κ2) is 5.75. The normalized spacial score (nSPS) is 11.5. The number of aromatic amines is 1. The Kier molecular flexibility index (Phi) is 3.79. The number of methoxy groups -OCH3 is 2. The Balaban J connectivity index is 2.10. The molecular formula is C16H18N4O2. The van der Waals surface area contributed by atoms with E-state index in [0.717, 1.165) is 22.2 Å². The fourth-order valence-corrected chi connectivity index (χ4v) is 2.49. The highest BCUT2D eigenvalue weighted by molar-refractivity contribution is 5.82. The Bertz CT molecular complexity index is 809. The van der Waals surface area contributed by atoms with Crippen LogP contribution in [-0.2, 0) is 9.47 Å². The van der Waals surface area contributed by atoms with Gasteiger partial charge in [-0.1, -0.05) is 6.07 Å². The molecule has 0 aliphatic carbocycles. The van der Waals surface area contributed by atoms with E-state index in [1.807, 2.05) is 37.3 Å². The van der Waals surface area contributed by atoms with Crippen molar-refractivity contribution in [1.29, 1.82) is 0 Å². The molecule has 0 unspecified atom stereocenters. The quantitative estimate of drug-likeness (QED) is 0.571. The Morgan fingerprint density at radius 3 is 2.64 bits per heavy atom. The van der Waals surface area contributed by atoms with Crippen LogP contribution in [0.5, 0.6) is 0 Å². The van der Waals surface area contributed by atoms with Crippen LogP contribution in [0.4, 0.5) is 5.69 Å². The molecule has 0 aliphatic rings. The summed E-state index contributed by atoms with van der Waals surface area (Å²) >= 11 is 0. The lowest BCUT2D eigenvalue weighted by atomic mass is 10.0. The van der Waals surface area contributed by atoms with E-state index < -0.39 is 6.29 Å². The summed E-state index contributed by atoms with van der Waals surface area (Å²) in [6, 6.07) is 9.71. The standard InChI is InChI=1S/C16H18N4O2/c1-9-4-5-10(17)8-12(9)13-7-6-11-14(16(21-2)22-3)19-20-15(11)18-13/h4-8,16H,17H2,1-3H3,(H,18,19,20). The number of fused-ring (bicyclic) bond motifs is 1. The molecule has 3 N–H and O–H groups in total. The Labute approximate surface area is 128 Å². The second-order valence-corrected chi connectivity index (χ2v) is 5.08. The molecule has 6 heteroatoms. The van der Waals surface area contributed by atoms with Crippen LogP contribution in [0, 0.1) is 6.92 Å². The molecule has 0 aliphatic heterocycles. The van der Waals surface area contributed by atoms with Gasteiger partial charge in [0.2, 0.25) is 6.29 Å². The molecule has 0 fully saturated rings. The number of H-pyrrole nitrogens is 1. The summed E-state index contributed by atoms with van der Waals surface area (Å²) in [6.45, 7) is 2.03. The number of aromatic nitrogens is 3. The van der Waals surface area contributed by atoms with Crippen molar-refractivity contribution in [3.63, 3.8) is 0 Å². The molecular weight excluding hydrogens is 280 g/mol. The van der Waals surface area contributed by atoms with Gasteiger partial charge in [-0.2, -0.15) is 5.10 Å². The van der Waals surface area contributed by atoms with Gasteiger partial charge in [0.1, 0.15) is 5.69 Å². The first-order chi connectivity index (χ1) is 10.6. The van der Waals surface area contributed by atoms with Gasteiger partial charge in [-0.3, -0.25) is 5.10 Å². The average Bonchev–Trinajstić information content (AvgIpc) is 2.94. The summed E-state index contributed by atoms with van der Waals surface area (Å²) in [6.07, 6.45) is -0.518. The first-order valence-corrected chi connectivity index (χ1v) is 6.91. The van der Waals surface area contributed by atoms with Gasteiger partial charge < -0.3 is 15.2 Å². The number of nitrogens with two attached hydrogens (primary N) is 1. The predicted molar refractivity (Wildman–Crippen MR) is 85.2 cm³/mol. The highest BCUT2D eigenvalue weighted by Crippen LogP contribution is 2.28. The van der Waals surface area contributed by atoms with E-state index in [1.54, 1.807) is 14.2 Å². The van der Waals surface area contributed by atoms with Crippen LogP contribution in [0.2, 0.25) is 0 Å². The molecule has 0 bridgehead atoms. The summed E-state index contributed by atoms with van der Waals surface area (Å²) in [5.74, 6) is 0. The minimum absolute atomic E-state index is 0.518. The number of rotatable bonds is 4. The Morgan fingerprint density at radius 1 is 1.14 bits per heavy atom. The minimum atomic E-state index is -0.518. The lowest BCUT2D eigenvalue weighted by molar-refractivity contribution is -0.107. The smallest absolute Gasteiger partial charge is 0.203 e. The molecule has 6 nitrogen and oxygen atoms in total. The van der Waals surface area contributed by atoms with Gasteiger partial charge in [-0.25, -0.2) is 4.98 Å². The molecule has 0 saturated heterocycles. The van der Waals surface area contributed by atoms with Crippen molar-refractivity contribution in [3.05, 3.63) is 41.6 Å². The van der Waals surface area contributed by atoms with Gasteiger partial charge in [0.25, 0.3) is 0 Å². The number of aryl methyl sites for hydroxylation is 1. The fraction of sp³-hybridized carbons (Fsp3) is 0.250.